The third kappa shape index (κ3) is 2.76. The van der Waals surface area contributed by atoms with E-state index in [1.165, 1.54) is 0 Å². The standard InChI is InChI=1S/C10H18N4O/c1-7-3-9(11)5-14(4-7)6-10-13-12-8(2)15-10/h7,9H,3-6,11H2,1-2H3. The summed E-state index contributed by atoms with van der Waals surface area (Å²) < 4.78 is 5.35. The molecule has 0 spiro atoms. The minimum absolute atomic E-state index is 0.276. The first-order valence-corrected chi connectivity index (χ1v) is 5.40. The fourth-order valence-electron chi connectivity index (χ4n) is 2.23. The van der Waals surface area contributed by atoms with Crippen LogP contribution in [0.15, 0.2) is 4.42 Å². The van der Waals surface area contributed by atoms with Gasteiger partial charge in [0.15, 0.2) is 0 Å². The predicted molar refractivity (Wildman–Crippen MR) is 56.1 cm³/mol. The summed E-state index contributed by atoms with van der Waals surface area (Å²) in [7, 11) is 0. The fraction of sp³-hybridized carbons (Fsp3) is 0.800. The quantitative estimate of drug-likeness (QED) is 0.772. The van der Waals surface area contributed by atoms with Gasteiger partial charge in [0, 0.05) is 26.1 Å². The van der Waals surface area contributed by atoms with Gasteiger partial charge < -0.3 is 10.2 Å². The molecule has 1 saturated heterocycles. The summed E-state index contributed by atoms with van der Waals surface area (Å²) in [5.41, 5.74) is 5.97. The van der Waals surface area contributed by atoms with Gasteiger partial charge in [0.25, 0.3) is 0 Å². The van der Waals surface area contributed by atoms with Gasteiger partial charge in [-0.1, -0.05) is 6.92 Å². The molecule has 0 aliphatic carbocycles. The van der Waals surface area contributed by atoms with Crippen molar-refractivity contribution in [1.29, 1.82) is 0 Å². The highest BCUT2D eigenvalue weighted by molar-refractivity contribution is 4.84. The van der Waals surface area contributed by atoms with Crippen molar-refractivity contribution in [3.05, 3.63) is 11.8 Å². The van der Waals surface area contributed by atoms with Crippen LogP contribution in [0.25, 0.3) is 0 Å². The number of hydrogen-bond donors (Lipinski definition) is 1. The molecule has 15 heavy (non-hydrogen) atoms. The topological polar surface area (TPSA) is 68.2 Å². The van der Waals surface area contributed by atoms with Crippen molar-refractivity contribution in [3.8, 4) is 0 Å². The molecule has 84 valence electrons. The number of aromatic nitrogens is 2. The van der Waals surface area contributed by atoms with Crippen molar-refractivity contribution in [1.82, 2.24) is 15.1 Å². The summed E-state index contributed by atoms with van der Waals surface area (Å²) >= 11 is 0. The number of aryl methyl sites for hydroxylation is 1. The minimum Gasteiger partial charge on any atom is -0.424 e. The largest absolute Gasteiger partial charge is 0.424 e. The Morgan fingerprint density at radius 2 is 2.27 bits per heavy atom. The molecule has 2 unspecified atom stereocenters. The molecule has 5 nitrogen and oxygen atoms in total. The lowest BCUT2D eigenvalue weighted by Crippen LogP contribution is -2.45. The molecule has 2 N–H and O–H groups in total. The zero-order valence-electron chi connectivity index (χ0n) is 9.31. The summed E-state index contributed by atoms with van der Waals surface area (Å²) in [5, 5.41) is 7.81. The van der Waals surface area contributed by atoms with E-state index >= 15 is 0 Å². The van der Waals surface area contributed by atoms with Crippen LogP contribution in [-0.2, 0) is 6.54 Å². The van der Waals surface area contributed by atoms with Crippen LogP contribution in [0.2, 0.25) is 0 Å². The van der Waals surface area contributed by atoms with E-state index in [0.717, 1.165) is 26.1 Å². The van der Waals surface area contributed by atoms with Gasteiger partial charge >= 0.3 is 0 Å². The number of nitrogens with zero attached hydrogens (tertiary/aromatic N) is 3. The van der Waals surface area contributed by atoms with Crippen molar-refractivity contribution < 1.29 is 4.42 Å². The van der Waals surface area contributed by atoms with Crippen LogP contribution >= 0.6 is 0 Å². The molecule has 1 aromatic rings. The van der Waals surface area contributed by atoms with Crippen LogP contribution in [0.3, 0.4) is 0 Å². The Labute approximate surface area is 89.6 Å². The van der Waals surface area contributed by atoms with E-state index < -0.39 is 0 Å². The number of rotatable bonds is 2. The molecule has 0 radical (unpaired) electrons. The molecule has 1 fully saturated rings. The molecule has 1 aliphatic heterocycles. The van der Waals surface area contributed by atoms with E-state index in [9.17, 15) is 0 Å². The lowest BCUT2D eigenvalue weighted by molar-refractivity contribution is 0.146. The molecule has 0 amide bonds. The summed E-state index contributed by atoms with van der Waals surface area (Å²) in [6.07, 6.45) is 1.11. The van der Waals surface area contributed by atoms with E-state index in [-0.39, 0.29) is 6.04 Å². The molecule has 0 aromatic carbocycles. The third-order valence-electron chi connectivity index (χ3n) is 2.69. The first-order valence-electron chi connectivity index (χ1n) is 5.40. The zero-order valence-corrected chi connectivity index (χ0v) is 9.31. The Bertz CT molecular complexity index is 315. The first kappa shape index (κ1) is 10.6. The van der Waals surface area contributed by atoms with Crippen molar-refractivity contribution in [2.24, 2.45) is 11.7 Å². The molecule has 0 saturated carbocycles. The summed E-state index contributed by atoms with van der Waals surface area (Å²) in [6.45, 7) is 6.74. The van der Waals surface area contributed by atoms with Gasteiger partial charge in [-0.2, -0.15) is 0 Å². The number of hydrogen-bond acceptors (Lipinski definition) is 5. The van der Waals surface area contributed by atoms with Crippen LogP contribution < -0.4 is 5.73 Å². The molecule has 1 aliphatic rings. The van der Waals surface area contributed by atoms with Crippen molar-refractivity contribution in [3.63, 3.8) is 0 Å². The molecule has 2 rings (SSSR count). The monoisotopic (exact) mass is 210 g/mol. The molecule has 0 bridgehead atoms. The second kappa shape index (κ2) is 4.28. The van der Waals surface area contributed by atoms with Crippen LogP contribution in [0.5, 0.6) is 0 Å². The SMILES string of the molecule is Cc1nnc(CN2CC(C)CC(N)C2)o1. The Balaban J connectivity index is 1.94. The second-order valence-electron chi connectivity index (χ2n) is 4.51. The maximum atomic E-state index is 5.97. The highest BCUT2D eigenvalue weighted by Crippen LogP contribution is 2.16. The Hall–Kier alpha value is -0.940. The van der Waals surface area contributed by atoms with E-state index in [4.69, 9.17) is 10.2 Å². The Morgan fingerprint density at radius 1 is 1.47 bits per heavy atom. The van der Waals surface area contributed by atoms with Crippen LogP contribution in [0.1, 0.15) is 25.1 Å². The van der Waals surface area contributed by atoms with Gasteiger partial charge in [-0.15, -0.1) is 10.2 Å². The smallest absolute Gasteiger partial charge is 0.230 e. The molecular formula is C10H18N4O. The van der Waals surface area contributed by atoms with Gasteiger partial charge in [0.1, 0.15) is 0 Å². The average molecular weight is 210 g/mol. The molecule has 1 aromatic heterocycles. The zero-order chi connectivity index (χ0) is 10.8. The lowest BCUT2D eigenvalue weighted by Gasteiger charge is -2.33. The van der Waals surface area contributed by atoms with Crippen LogP contribution in [0.4, 0.5) is 0 Å². The molecular weight excluding hydrogens is 192 g/mol. The van der Waals surface area contributed by atoms with E-state index in [1.807, 2.05) is 0 Å². The van der Waals surface area contributed by atoms with Crippen molar-refractivity contribution >= 4 is 0 Å². The second-order valence-corrected chi connectivity index (χ2v) is 4.51. The Morgan fingerprint density at radius 3 is 2.87 bits per heavy atom. The van der Waals surface area contributed by atoms with E-state index in [2.05, 4.69) is 22.0 Å². The van der Waals surface area contributed by atoms with E-state index in [1.54, 1.807) is 6.92 Å². The van der Waals surface area contributed by atoms with Crippen molar-refractivity contribution in [2.45, 2.75) is 32.9 Å². The molecule has 5 heteroatoms. The number of nitrogens with two attached hydrogens (primary N) is 1. The van der Waals surface area contributed by atoms with Crippen molar-refractivity contribution in [2.75, 3.05) is 13.1 Å². The highest BCUT2D eigenvalue weighted by atomic mass is 16.4. The van der Waals surface area contributed by atoms with Gasteiger partial charge in [0.05, 0.1) is 6.54 Å². The average Bonchev–Trinajstić information content (AvgIpc) is 2.49. The lowest BCUT2D eigenvalue weighted by atomic mass is 9.97. The van der Waals surface area contributed by atoms with Gasteiger partial charge in [-0.05, 0) is 12.3 Å². The van der Waals surface area contributed by atoms with Gasteiger partial charge in [-0.25, -0.2) is 0 Å². The summed E-state index contributed by atoms with van der Waals surface area (Å²) in [5.74, 6) is 1.96. The summed E-state index contributed by atoms with van der Waals surface area (Å²) in [4.78, 5) is 2.28. The highest BCUT2D eigenvalue weighted by Gasteiger charge is 2.23. The van der Waals surface area contributed by atoms with E-state index in [0.29, 0.717) is 17.7 Å². The maximum absolute atomic E-state index is 5.97. The first-order chi connectivity index (χ1) is 7.13. The Kier molecular flexibility index (Phi) is 3.02. The van der Waals surface area contributed by atoms with Crippen LogP contribution in [0, 0.1) is 12.8 Å². The predicted octanol–water partition coefficient (Wildman–Crippen LogP) is 0.547. The normalized spacial score (nSPS) is 28.2. The van der Waals surface area contributed by atoms with Gasteiger partial charge in [0.2, 0.25) is 11.8 Å². The molecule has 2 heterocycles. The number of likely N-dealkylation sites (tertiary alicyclic amines) is 1. The fourth-order valence-corrected chi connectivity index (χ4v) is 2.23. The number of piperidine rings is 1. The summed E-state index contributed by atoms with van der Waals surface area (Å²) in [6, 6.07) is 0.276. The third-order valence-corrected chi connectivity index (χ3v) is 2.69. The van der Waals surface area contributed by atoms with Gasteiger partial charge in [-0.3, -0.25) is 4.90 Å². The maximum Gasteiger partial charge on any atom is 0.230 e. The van der Waals surface area contributed by atoms with Crippen LogP contribution in [-0.4, -0.2) is 34.2 Å². The minimum atomic E-state index is 0.276. The molecule has 2 atom stereocenters.